The van der Waals surface area contributed by atoms with Gasteiger partial charge in [-0.25, -0.2) is 8.78 Å². The SMILES string of the molecule is OC[C@H]1[C@@H](O)[C@H](O)[C@@H](O)CN1CCc1c(F)cc(N2CCOCC2)cc1F. The Balaban J connectivity index is 1.70. The molecular weight excluding hydrogens is 362 g/mol. The third-order valence-electron chi connectivity index (χ3n) is 5.37. The van der Waals surface area contributed by atoms with Crippen molar-refractivity contribution >= 4 is 5.69 Å². The zero-order chi connectivity index (χ0) is 19.6. The van der Waals surface area contributed by atoms with Crippen LogP contribution in [0.25, 0.3) is 0 Å². The topological polar surface area (TPSA) is 96.6 Å². The van der Waals surface area contributed by atoms with Gasteiger partial charge in [-0.1, -0.05) is 0 Å². The minimum absolute atomic E-state index is 0.00144. The highest BCUT2D eigenvalue weighted by Gasteiger charge is 2.40. The molecule has 0 spiro atoms. The Kier molecular flexibility index (Phi) is 6.61. The van der Waals surface area contributed by atoms with Gasteiger partial charge in [0, 0.05) is 37.4 Å². The molecule has 1 aromatic rings. The van der Waals surface area contributed by atoms with Gasteiger partial charge >= 0.3 is 0 Å². The molecule has 27 heavy (non-hydrogen) atoms. The highest BCUT2D eigenvalue weighted by atomic mass is 19.1. The maximum atomic E-state index is 14.5. The van der Waals surface area contributed by atoms with Crippen molar-refractivity contribution in [2.24, 2.45) is 0 Å². The Hall–Kier alpha value is -1.36. The van der Waals surface area contributed by atoms with E-state index in [-0.39, 0.29) is 25.1 Å². The number of nitrogens with zero attached hydrogens (tertiary/aromatic N) is 2. The van der Waals surface area contributed by atoms with Gasteiger partial charge in [0.1, 0.15) is 23.8 Å². The maximum Gasteiger partial charge on any atom is 0.131 e. The smallest absolute Gasteiger partial charge is 0.131 e. The van der Waals surface area contributed by atoms with Gasteiger partial charge in [0.25, 0.3) is 0 Å². The molecule has 4 N–H and O–H groups in total. The van der Waals surface area contributed by atoms with E-state index in [1.165, 1.54) is 17.0 Å². The fourth-order valence-corrected chi connectivity index (χ4v) is 3.72. The van der Waals surface area contributed by atoms with Crippen molar-refractivity contribution in [3.05, 3.63) is 29.3 Å². The van der Waals surface area contributed by atoms with Crippen LogP contribution in [0.3, 0.4) is 0 Å². The molecule has 0 aliphatic carbocycles. The first-order chi connectivity index (χ1) is 12.9. The molecule has 1 aromatic carbocycles. The monoisotopic (exact) mass is 388 g/mol. The van der Waals surface area contributed by atoms with Crippen LogP contribution in [0.15, 0.2) is 12.1 Å². The van der Waals surface area contributed by atoms with Gasteiger partial charge in [0.2, 0.25) is 0 Å². The second-order valence-corrected chi connectivity index (χ2v) is 7.03. The largest absolute Gasteiger partial charge is 0.395 e. The molecule has 0 saturated carbocycles. The van der Waals surface area contributed by atoms with Crippen molar-refractivity contribution in [2.45, 2.75) is 30.8 Å². The van der Waals surface area contributed by atoms with Crippen LogP contribution in [0, 0.1) is 11.6 Å². The molecule has 152 valence electrons. The zero-order valence-corrected chi connectivity index (χ0v) is 15.0. The number of hydrogen-bond donors (Lipinski definition) is 4. The average Bonchev–Trinajstić information content (AvgIpc) is 2.66. The van der Waals surface area contributed by atoms with E-state index < -0.39 is 42.6 Å². The van der Waals surface area contributed by atoms with Crippen LogP contribution in [0.4, 0.5) is 14.5 Å². The van der Waals surface area contributed by atoms with Crippen LogP contribution in [0.5, 0.6) is 0 Å². The van der Waals surface area contributed by atoms with Crippen molar-refractivity contribution in [3.8, 4) is 0 Å². The number of hydrogen-bond acceptors (Lipinski definition) is 7. The molecule has 0 radical (unpaired) electrons. The maximum absolute atomic E-state index is 14.5. The number of aliphatic hydroxyl groups excluding tert-OH is 4. The third kappa shape index (κ3) is 4.39. The van der Waals surface area contributed by atoms with Gasteiger partial charge < -0.3 is 30.1 Å². The number of morpholine rings is 1. The lowest BCUT2D eigenvalue weighted by Gasteiger charge is -2.43. The third-order valence-corrected chi connectivity index (χ3v) is 5.37. The van der Waals surface area contributed by atoms with E-state index in [9.17, 15) is 29.2 Å². The number of benzene rings is 1. The van der Waals surface area contributed by atoms with Crippen LogP contribution in [0.1, 0.15) is 5.56 Å². The summed E-state index contributed by atoms with van der Waals surface area (Å²) < 4.78 is 34.3. The fourth-order valence-electron chi connectivity index (χ4n) is 3.72. The molecule has 0 unspecified atom stereocenters. The van der Waals surface area contributed by atoms with E-state index in [0.717, 1.165) is 0 Å². The van der Waals surface area contributed by atoms with Crippen LogP contribution < -0.4 is 4.90 Å². The van der Waals surface area contributed by atoms with Gasteiger partial charge in [0.15, 0.2) is 0 Å². The summed E-state index contributed by atoms with van der Waals surface area (Å²) in [6.07, 6.45) is -3.88. The molecule has 0 bridgehead atoms. The van der Waals surface area contributed by atoms with Gasteiger partial charge in [-0.3, -0.25) is 4.90 Å². The highest BCUT2D eigenvalue weighted by Crippen LogP contribution is 2.25. The number of halogens is 2. The van der Waals surface area contributed by atoms with E-state index in [2.05, 4.69) is 0 Å². The molecule has 4 atom stereocenters. The van der Waals surface area contributed by atoms with Gasteiger partial charge in [0.05, 0.1) is 32.0 Å². The normalized spacial score (nSPS) is 29.9. The molecular formula is C18H26F2N2O5. The first-order valence-electron chi connectivity index (χ1n) is 9.12. The molecule has 3 rings (SSSR count). The highest BCUT2D eigenvalue weighted by molar-refractivity contribution is 5.49. The minimum atomic E-state index is -1.36. The Morgan fingerprint density at radius 1 is 1.04 bits per heavy atom. The van der Waals surface area contributed by atoms with E-state index in [1.54, 1.807) is 0 Å². The molecule has 2 aliphatic heterocycles. The molecule has 2 saturated heterocycles. The van der Waals surface area contributed by atoms with Crippen LogP contribution >= 0.6 is 0 Å². The van der Waals surface area contributed by atoms with Crippen molar-refractivity contribution in [1.82, 2.24) is 4.90 Å². The molecule has 9 heteroatoms. The minimum Gasteiger partial charge on any atom is -0.395 e. The number of β-amino-alcohol motifs (C(OH)–C–C–N with tert-alkyl or cyclic N) is 1. The van der Waals surface area contributed by atoms with Crippen LogP contribution in [-0.4, -0.2) is 95.7 Å². The summed E-state index contributed by atoms with van der Waals surface area (Å²) in [4.78, 5) is 3.40. The molecule has 2 heterocycles. The number of aliphatic hydroxyl groups is 4. The molecule has 0 amide bonds. The first kappa shape index (κ1) is 20.4. The second-order valence-electron chi connectivity index (χ2n) is 7.03. The summed E-state index contributed by atoms with van der Waals surface area (Å²) >= 11 is 0. The Labute approximate surface area is 156 Å². The number of piperidine rings is 1. The molecule has 2 aliphatic rings. The summed E-state index contributed by atoms with van der Waals surface area (Å²) in [5.41, 5.74) is 0.385. The van der Waals surface area contributed by atoms with Crippen LogP contribution in [-0.2, 0) is 11.2 Å². The van der Waals surface area contributed by atoms with E-state index in [1.807, 2.05) is 4.90 Å². The first-order valence-corrected chi connectivity index (χ1v) is 9.12. The van der Waals surface area contributed by atoms with Crippen molar-refractivity contribution in [3.63, 3.8) is 0 Å². The van der Waals surface area contributed by atoms with E-state index >= 15 is 0 Å². The predicted molar refractivity (Wildman–Crippen MR) is 93.6 cm³/mol. The summed E-state index contributed by atoms with van der Waals surface area (Å²) in [6.45, 7) is 1.85. The lowest BCUT2D eigenvalue weighted by atomic mass is 9.93. The Bertz CT molecular complexity index is 621. The zero-order valence-electron chi connectivity index (χ0n) is 15.0. The number of anilines is 1. The van der Waals surface area contributed by atoms with Gasteiger partial charge in [-0.15, -0.1) is 0 Å². The molecule has 0 aromatic heterocycles. The fraction of sp³-hybridized carbons (Fsp3) is 0.667. The lowest BCUT2D eigenvalue weighted by Crippen LogP contribution is -2.62. The summed E-state index contributed by atoms with van der Waals surface area (Å²) in [7, 11) is 0. The molecule has 7 nitrogen and oxygen atoms in total. The number of ether oxygens (including phenoxy) is 1. The second kappa shape index (κ2) is 8.76. The predicted octanol–water partition coefficient (Wildman–Crippen LogP) is -0.897. The van der Waals surface area contributed by atoms with E-state index in [4.69, 9.17) is 4.74 Å². The summed E-state index contributed by atoms with van der Waals surface area (Å²) in [6, 6.07) is 1.80. The summed E-state index contributed by atoms with van der Waals surface area (Å²) in [5, 5.41) is 39.0. The number of rotatable bonds is 5. The Morgan fingerprint density at radius 2 is 1.67 bits per heavy atom. The quantitative estimate of drug-likeness (QED) is 0.519. The Morgan fingerprint density at radius 3 is 2.26 bits per heavy atom. The van der Waals surface area contributed by atoms with Crippen LogP contribution in [0.2, 0.25) is 0 Å². The van der Waals surface area contributed by atoms with Crippen molar-refractivity contribution < 1.29 is 33.9 Å². The van der Waals surface area contributed by atoms with Gasteiger partial charge in [-0.2, -0.15) is 0 Å². The average molecular weight is 388 g/mol. The van der Waals surface area contributed by atoms with Crippen molar-refractivity contribution in [2.75, 3.05) is 50.9 Å². The standard InChI is InChI=1S/C18H26F2N2O5/c19-13-7-11(21-3-5-27-6-4-21)8-14(20)12(13)1-2-22-9-16(24)18(26)17(25)15(22)10-23/h7-8,15-18,23-26H,1-6,9-10H2/t15-,16-,17+,18+/m0/s1. The van der Waals surface area contributed by atoms with Gasteiger partial charge in [-0.05, 0) is 18.6 Å². The van der Waals surface area contributed by atoms with E-state index in [0.29, 0.717) is 32.0 Å². The summed E-state index contributed by atoms with van der Waals surface area (Å²) in [5.74, 6) is -1.31. The lowest BCUT2D eigenvalue weighted by molar-refractivity contribution is -0.144. The number of likely N-dealkylation sites (tertiary alicyclic amines) is 1. The molecule has 2 fully saturated rings. The van der Waals surface area contributed by atoms with Crippen molar-refractivity contribution in [1.29, 1.82) is 0 Å².